The van der Waals surface area contributed by atoms with Crippen molar-refractivity contribution in [2.45, 2.75) is 26.2 Å². The zero-order valence-electron chi connectivity index (χ0n) is 15.9. The number of benzene rings is 2. The molecule has 2 heterocycles. The van der Waals surface area contributed by atoms with Crippen LogP contribution < -0.4 is 15.8 Å². The van der Waals surface area contributed by atoms with Gasteiger partial charge in [0.2, 0.25) is 0 Å². The normalized spacial score (nSPS) is 11.5. The number of nitrogens with zero attached hydrogens (tertiary/aromatic N) is 1. The van der Waals surface area contributed by atoms with E-state index in [0.717, 1.165) is 65.9 Å². The second kappa shape index (κ2) is 7.45. The summed E-state index contributed by atoms with van der Waals surface area (Å²) in [5.74, 6) is 1.81. The van der Waals surface area contributed by atoms with Gasteiger partial charge < -0.3 is 20.8 Å². The van der Waals surface area contributed by atoms with Crippen LogP contribution in [0.3, 0.4) is 0 Å². The number of hydrogen-bond donors (Lipinski definition) is 3. The van der Waals surface area contributed by atoms with Crippen LogP contribution in [0.15, 0.2) is 36.5 Å². The number of aryl methyl sites for hydroxylation is 1. The van der Waals surface area contributed by atoms with Crippen molar-refractivity contribution < 1.29 is 4.74 Å². The SMILES string of the molecule is COc1ccc2c(ccc3[nH]c4c(C)cnc(NCCCCCN)c4c32)c1. The van der Waals surface area contributed by atoms with Gasteiger partial charge in [0, 0.05) is 23.6 Å². The van der Waals surface area contributed by atoms with Crippen molar-refractivity contribution in [2.75, 3.05) is 25.5 Å². The van der Waals surface area contributed by atoms with E-state index in [1.54, 1.807) is 7.11 Å². The van der Waals surface area contributed by atoms with Crippen molar-refractivity contribution in [3.63, 3.8) is 0 Å². The molecule has 0 fully saturated rings. The van der Waals surface area contributed by atoms with Gasteiger partial charge in [0.15, 0.2) is 0 Å². The Kier molecular flexibility index (Phi) is 4.86. The van der Waals surface area contributed by atoms with Crippen molar-refractivity contribution in [2.24, 2.45) is 5.73 Å². The maximum atomic E-state index is 5.59. The topological polar surface area (TPSA) is 76.0 Å². The lowest BCUT2D eigenvalue weighted by atomic mass is 10.0. The summed E-state index contributed by atoms with van der Waals surface area (Å²) in [6, 6.07) is 10.5. The van der Waals surface area contributed by atoms with Crippen LogP contribution in [0.2, 0.25) is 0 Å². The van der Waals surface area contributed by atoms with E-state index in [1.807, 2.05) is 12.3 Å². The fourth-order valence-electron chi connectivity index (χ4n) is 3.74. The molecule has 4 N–H and O–H groups in total. The zero-order chi connectivity index (χ0) is 18.8. The second-order valence-corrected chi connectivity index (χ2v) is 7.02. The maximum absolute atomic E-state index is 5.59. The van der Waals surface area contributed by atoms with Gasteiger partial charge in [0.25, 0.3) is 0 Å². The number of rotatable bonds is 7. The summed E-state index contributed by atoms with van der Waals surface area (Å²) in [6.45, 7) is 3.75. The Morgan fingerprint density at radius 3 is 2.81 bits per heavy atom. The number of methoxy groups -OCH3 is 1. The number of aromatic amines is 1. The van der Waals surface area contributed by atoms with Crippen molar-refractivity contribution in [3.8, 4) is 5.75 Å². The summed E-state index contributed by atoms with van der Waals surface area (Å²) in [5, 5.41) is 8.29. The molecule has 0 aliphatic rings. The highest BCUT2D eigenvalue weighted by molar-refractivity contribution is 6.23. The molecule has 5 nitrogen and oxygen atoms in total. The fourth-order valence-corrected chi connectivity index (χ4v) is 3.74. The van der Waals surface area contributed by atoms with Crippen LogP contribution in [0.1, 0.15) is 24.8 Å². The Morgan fingerprint density at radius 1 is 1.11 bits per heavy atom. The Morgan fingerprint density at radius 2 is 2.00 bits per heavy atom. The number of hydrogen-bond acceptors (Lipinski definition) is 4. The molecule has 0 saturated carbocycles. The number of pyridine rings is 1. The summed E-state index contributed by atoms with van der Waals surface area (Å²) in [5.41, 5.74) is 9.01. The van der Waals surface area contributed by atoms with E-state index in [0.29, 0.717) is 0 Å². The zero-order valence-corrected chi connectivity index (χ0v) is 15.9. The molecule has 0 radical (unpaired) electrons. The Bertz CT molecular complexity index is 1100. The summed E-state index contributed by atoms with van der Waals surface area (Å²) in [4.78, 5) is 8.30. The quantitative estimate of drug-likeness (QED) is 0.416. The van der Waals surface area contributed by atoms with Gasteiger partial charge in [0.05, 0.1) is 18.0 Å². The van der Waals surface area contributed by atoms with Crippen molar-refractivity contribution in [1.82, 2.24) is 9.97 Å². The Labute approximate surface area is 158 Å². The van der Waals surface area contributed by atoms with Gasteiger partial charge in [0.1, 0.15) is 11.6 Å². The third-order valence-electron chi connectivity index (χ3n) is 5.18. The molecule has 2 aromatic heterocycles. The van der Waals surface area contributed by atoms with Gasteiger partial charge in [-0.05, 0) is 66.9 Å². The first-order valence-electron chi connectivity index (χ1n) is 9.54. The second-order valence-electron chi connectivity index (χ2n) is 7.02. The molecule has 0 saturated heterocycles. The first-order chi connectivity index (χ1) is 13.2. The summed E-state index contributed by atoms with van der Waals surface area (Å²) < 4.78 is 5.39. The van der Waals surface area contributed by atoms with Gasteiger partial charge in [-0.25, -0.2) is 4.98 Å². The number of nitrogens with two attached hydrogens (primary N) is 1. The van der Waals surface area contributed by atoms with Gasteiger partial charge in [-0.1, -0.05) is 12.5 Å². The van der Waals surface area contributed by atoms with Gasteiger partial charge in [-0.3, -0.25) is 0 Å². The molecule has 4 aromatic rings. The first-order valence-corrected chi connectivity index (χ1v) is 9.54. The van der Waals surface area contributed by atoms with Crippen LogP contribution in [-0.2, 0) is 0 Å². The highest BCUT2D eigenvalue weighted by atomic mass is 16.5. The lowest BCUT2D eigenvalue weighted by Gasteiger charge is -2.09. The third-order valence-corrected chi connectivity index (χ3v) is 5.18. The minimum atomic E-state index is 0.755. The number of aromatic nitrogens is 2. The average molecular weight is 362 g/mol. The van der Waals surface area contributed by atoms with Crippen molar-refractivity contribution >= 4 is 38.4 Å². The highest BCUT2D eigenvalue weighted by Gasteiger charge is 2.15. The smallest absolute Gasteiger partial charge is 0.136 e. The molecule has 140 valence electrons. The van der Waals surface area contributed by atoms with E-state index >= 15 is 0 Å². The van der Waals surface area contributed by atoms with Gasteiger partial charge >= 0.3 is 0 Å². The van der Waals surface area contributed by atoms with E-state index in [2.05, 4.69) is 41.5 Å². The lowest BCUT2D eigenvalue weighted by Crippen LogP contribution is -2.05. The third kappa shape index (κ3) is 3.19. The van der Waals surface area contributed by atoms with Crippen LogP contribution >= 0.6 is 0 Å². The average Bonchev–Trinajstić information content (AvgIpc) is 3.10. The molecule has 0 amide bonds. The molecule has 27 heavy (non-hydrogen) atoms. The minimum Gasteiger partial charge on any atom is -0.497 e. The molecule has 0 atom stereocenters. The van der Waals surface area contributed by atoms with E-state index < -0.39 is 0 Å². The molecule has 0 aliphatic carbocycles. The Balaban J connectivity index is 1.86. The molecule has 4 rings (SSSR count). The molecule has 0 unspecified atom stereocenters. The maximum Gasteiger partial charge on any atom is 0.136 e. The molecule has 0 bridgehead atoms. The predicted octanol–water partition coefficient (Wildman–Crippen LogP) is 4.73. The fraction of sp³-hybridized carbons (Fsp3) is 0.318. The van der Waals surface area contributed by atoms with Gasteiger partial charge in [-0.15, -0.1) is 0 Å². The largest absolute Gasteiger partial charge is 0.497 e. The standard InChI is InChI=1S/C22H26N4O/c1-14-13-25-22(24-11-5-3-4-10-23)20-19-17-8-7-16(27-2)12-15(17)6-9-18(19)26-21(14)20/h6-9,12-13,26H,3-5,10-11,23H2,1-2H3,(H,24,25). The minimum absolute atomic E-state index is 0.755. The molecule has 0 spiro atoms. The summed E-state index contributed by atoms with van der Waals surface area (Å²) in [6.07, 6.45) is 5.23. The number of anilines is 1. The number of nitrogens with one attached hydrogen (secondary N) is 2. The highest BCUT2D eigenvalue weighted by Crippen LogP contribution is 2.37. The number of unbranched alkanes of at least 4 members (excludes halogenated alkanes) is 2. The molecule has 2 aromatic carbocycles. The predicted molar refractivity (Wildman–Crippen MR) is 114 cm³/mol. The lowest BCUT2D eigenvalue weighted by molar-refractivity contribution is 0.415. The van der Waals surface area contributed by atoms with E-state index in [1.165, 1.54) is 16.2 Å². The molecule has 5 heteroatoms. The summed E-state index contributed by atoms with van der Waals surface area (Å²) >= 11 is 0. The van der Waals surface area contributed by atoms with E-state index in [-0.39, 0.29) is 0 Å². The van der Waals surface area contributed by atoms with Crippen LogP contribution in [0.4, 0.5) is 5.82 Å². The van der Waals surface area contributed by atoms with E-state index in [9.17, 15) is 0 Å². The number of ether oxygens (including phenoxy) is 1. The molecular formula is C22H26N4O. The van der Waals surface area contributed by atoms with Crippen molar-refractivity contribution in [1.29, 1.82) is 0 Å². The van der Waals surface area contributed by atoms with Crippen LogP contribution in [-0.4, -0.2) is 30.2 Å². The van der Waals surface area contributed by atoms with Gasteiger partial charge in [-0.2, -0.15) is 0 Å². The molecular weight excluding hydrogens is 336 g/mol. The van der Waals surface area contributed by atoms with E-state index in [4.69, 9.17) is 15.5 Å². The number of H-pyrrole nitrogens is 1. The Hall–Kier alpha value is -2.79. The van der Waals surface area contributed by atoms with Crippen molar-refractivity contribution in [3.05, 3.63) is 42.1 Å². The monoisotopic (exact) mass is 362 g/mol. The van der Waals surface area contributed by atoms with Crippen LogP contribution in [0, 0.1) is 6.92 Å². The first kappa shape index (κ1) is 17.6. The summed E-state index contributed by atoms with van der Waals surface area (Å²) in [7, 11) is 1.70. The van der Waals surface area contributed by atoms with Crippen LogP contribution in [0.5, 0.6) is 5.75 Å². The molecule has 0 aliphatic heterocycles. The van der Waals surface area contributed by atoms with Crippen LogP contribution in [0.25, 0.3) is 32.6 Å². The number of fused-ring (bicyclic) bond motifs is 5.